The van der Waals surface area contributed by atoms with E-state index in [1.165, 1.54) is 111 Å². The van der Waals surface area contributed by atoms with Crippen molar-refractivity contribution in [2.24, 2.45) is 0 Å². The van der Waals surface area contributed by atoms with Gasteiger partial charge in [-0.05, 0) is 118 Å². The summed E-state index contributed by atoms with van der Waals surface area (Å²) in [4.78, 5) is 0. The fourth-order valence-corrected chi connectivity index (χ4v) is 15.4. The summed E-state index contributed by atoms with van der Waals surface area (Å²) in [6.45, 7) is 0. The molecule has 0 unspecified atom stereocenters. The van der Waals surface area contributed by atoms with Gasteiger partial charge >= 0.3 is 0 Å². The second-order valence-electron chi connectivity index (χ2n) is 20.2. The molecule has 12 aromatic rings. The Morgan fingerprint density at radius 3 is 1.21 bits per heavy atom. The summed E-state index contributed by atoms with van der Waals surface area (Å²) < 4.78 is 2.50. The zero-order valence-electron chi connectivity index (χ0n) is 37.7. The minimum absolute atomic E-state index is 0.0557. The second kappa shape index (κ2) is 12.7. The highest BCUT2D eigenvalue weighted by atomic mass is 14.9. The van der Waals surface area contributed by atoms with Gasteiger partial charge in [0.1, 0.15) is 0 Å². The van der Waals surface area contributed by atoms with E-state index in [1.807, 2.05) is 0 Å². The number of fused-ring (bicyclic) bond motifs is 10. The summed E-state index contributed by atoms with van der Waals surface area (Å²) in [6, 6.07) is 79.9. The van der Waals surface area contributed by atoms with Gasteiger partial charge in [0.15, 0.2) is 0 Å². The van der Waals surface area contributed by atoms with Crippen molar-refractivity contribution in [2.75, 3.05) is 0 Å². The van der Waals surface area contributed by atoms with Crippen LogP contribution >= 0.6 is 0 Å². The standard InChI is InChI=1S/C67H37N3/c68-34-36-31-52-60(62-54(36)56-41-22-7-11-26-45(41)58(62)46-27-12-8-23-42(46)56)50-33-49-40-21-15-16-30-51(40)67(38-17-3-1-4-18-38,39-19-5-2-6-20-39)65(49)64-61-53(70(52)66(50)64)32-37(35-69)55-57-43-24-9-13-28-47(43)59(63(55)61)48-29-14-10-25-44(48)57/h1-33,56-59H. The SMILES string of the molecule is N#Cc1cc2c(c3c1C1c4ccccc4C3c3ccccc31)c1cc3c(c4c5c6c(c(C#N)cc5n2c14)C1c2ccccc2C6c2ccccc21)C(c1ccccc1)(c1ccccc1)c1ccccc1-3. The number of aromatic nitrogens is 1. The van der Waals surface area contributed by atoms with Gasteiger partial charge in [0.2, 0.25) is 0 Å². The Hall–Kier alpha value is -9.02. The van der Waals surface area contributed by atoms with Crippen LogP contribution in [-0.2, 0) is 5.41 Å². The Labute approximate surface area is 403 Å². The monoisotopic (exact) mass is 883 g/mol. The van der Waals surface area contributed by atoms with Gasteiger partial charge in [-0.2, -0.15) is 10.5 Å². The predicted molar refractivity (Wildman–Crippen MR) is 277 cm³/mol. The van der Waals surface area contributed by atoms with E-state index in [0.29, 0.717) is 5.56 Å². The smallest absolute Gasteiger partial charge is 0.0995 e. The second-order valence-corrected chi connectivity index (χ2v) is 20.2. The van der Waals surface area contributed by atoms with Crippen LogP contribution < -0.4 is 0 Å². The van der Waals surface area contributed by atoms with Crippen LogP contribution in [0.25, 0.3) is 49.2 Å². The van der Waals surface area contributed by atoms with Gasteiger partial charge in [-0.1, -0.05) is 182 Å². The van der Waals surface area contributed by atoms with Crippen LogP contribution in [0.3, 0.4) is 0 Å². The minimum atomic E-state index is -0.695. The first-order valence-corrected chi connectivity index (χ1v) is 24.5. The lowest BCUT2D eigenvalue weighted by atomic mass is 9.59. The summed E-state index contributed by atoms with van der Waals surface area (Å²) >= 11 is 0. The molecule has 0 aliphatic heterocycles. The van der Waals surface area contributed by atoms with Crippen LogP contribution in [-0.4, -0.2) is 4.40 Å². The quantitative estimate of drug-likeness (QED) is 0.174. The minimum Gasteiger partial charge on any atom is -0.308 e. The van der Waals surface area contributed by atoms with Crippen molar-refractivity contribution in [3.63, 3.8) is 0 Å². The molecular weight excluding hydrogens is 847 g/mol. The topological polar surface area (TPSA) is 52.0 Å². The van der Waals surface area contributed by atoms with E-state index in [-0.39, 0.29) is 23.7 Å². The van der Waals surface area contributed by atoms with Crippen molar-refractivity contribution in [3.05, 3.63) is 300 Å². The summed E-state index contributed by atoms with van der Waals surface area (Å²) in [6.07, 6.45) is 0. The van der Waals surface area contributed by atoms with E-state index >= 15 is 0 Å². The molecule has 70 heavy (non-hydrogen) atoms. The van der Waals surface area contributed by atoms with Gasteiger partial charge < -0.3 is 4.40 Å². The number of rotatable bonds is 2. The van der Waals surface area contributed by atoms with Crippen LogP contribution in [0.1, 0.15) is 124 Å². The maximum atomic E-state index is 11.6. The number of nitrogens with zero attached hydrogens (tertiary/aromatic N) is 3. The Kier molecular flexibility index (Phi) is 6.74. The number of benzene rings is 10. The largest absolute Gasteiger partial charge is 0.308 e. The van der Waals surface area contributed by atoms with E-state index in [9.17, 15) is 10.5 Å². The van der Waals surface area contributed by atoms with Crippen molar-refractivity contribution < 1.29 is 0 Å². The Bertz CT molecular complexity index is 4330. The van der Waals surface area contributed by atoms with Crippen molar-refractivity contribution >= 4 is 38.1 Å². The lowest BCUT2D eigenvalue weighted by Gasteiger charge is -2.43. The van der Waals surface area contributed by atoms with Gasteiger partial charge in [-0.15, -0.1) is 0 Å². The molecule has 0 spiro atoms. The lowest BCUT2D eigenvalue weighted by Crippen LogP contribution is -2.30. The van der Waals surface area contributed by atoms with E-state index < -0.39 is 5.41 Å². The Morgan fingerprint density at radius 1 is 0.371 bits per heavy atom. The zero-order chi connectivity index (χ0) is 45.7. The first kappa shape index (κ1) is 37.0. The molecule has 0 saturated carbocycles. The number of nitriles is 2. The van der Waals surface area contributed by atoms with Crippen molar-refractivity contribution in [3.8, 4) is 23.3 Å². The highest BCUT2D eigenvalue weighted by molar-refractivity contribution is 6.29. The van der Waals surface area contributed by atoms with Crippen LogP contribution in [0.2, 0.25) is 0 Å². The molecule has 2 aromatic heterocycles. The van der Waals surface area contributed by atoms with Crippen LogP contribution in [0.15, 0.2) is 200 Å². The van der Waals surface area contributed by atoms with Gasteiger partial charge in [0.25, 0.3) is 0 Å². The molecule has 2 heterocycles. The zero-order valence-corrected chi connectivity index (χ0v) is 37.7. The third-order valence-electron chi connectivity index (χ3n) is 17.6. The van der Waals surface area contributed by atoms with Crippen molar-refractivity contribution in [1.82, 2.24) is 4.40 Å². The van der Waals surface area contributed by atoms with Crippen LogP contribution in [0.5, 0.6) is 0 Å². The van der Waals surface area contributed by atoms with Crippen LogP contribution in [0.4, 0.5) is 0 Å². The fraction of sp³-hybridized carbons (Fsp3) is 0.0746. The molecular formula is C67H37N3. The van der Waals surface area contributed by atoms with Crippen molar-refractivity contribution in [1.29, 1.82) is 10.5 Å². The Balaban J connectivity index is 1.15. The van der Waals surface area contributed by atoms with E-state index in [1.54, 1.807) is 0 Å². The van der Waals surface area contributed by atoms with Crippen molar-refractivity contribution in [2.45, 2.75) is 29.1 Å². The van der Waals surface area contributed by atoms with E-state index in [2.05, 4.69) is 217 Å². The highest BCUT2D eigenvalue weighted by Gasteiger charge is 2.51. The number of hydrogen-bond donors (Lipinski definition) is 0. The predicted octanol–water partition coefficient (Wildman–Crippen LogP) is 14.9. The molecule has 0 N–H and O–H groups in total. The maximum absolute atomic E-state index is 11.6. The van der Waals surface area contributed by atoms with Crippen LogP contribution in [0, 0.1) is 22.7 Å². The molecule has 4 bridgehead atoms. The molecule has 19 rings (SSSR count). The number of hydrogen-bond acceptors (Lipinski definition) is 2. The molecule has 7 aliphatic carbocycles. The Morgan fingerprint density at radius 2 is 0.757 bits per heavy atom. The van der Waals surface area contributed by atoms with Gasteiger partial charge in [0, 0.05) is 45.2 Å². The third-order valence-corrected chi connectivity index (χ3v) is 17.6. The summed E-state index contributed by atoms with van der Waals surface area (Å²) in [5.74, 6) is -0.297. The summed E-state index contributed by atoms with van der Waals surface area (Å²) in [7, 11) is 0. The molecule has 10 aromatic carbocycles. The van der Waals surface area contributed by atoms with Gasteiger partial charge in [-0.3, -0.25) is 0 Å². The molecule has 0 amide bonds. The molecule has 3 nitrogen and oxygen atoms in total. The summed E-state index contributed by atoms with van der Waals surface area (Å²) in [5, 5.41) is 27.9. The first-order chi connectivity index (χ1) is 34.7. The molecule has 7 aliphatic rings. The molecule has 0 fully saturated rings. The molecule has 3 heteroatoms. The third kappa shape index (κ3) is 4.02. The lowest BCUT2D eigenvalue weighted by molar-refractivity contribution is 0.758. The molecule has 320 valence electrons. The fourth-order valence-electron chi connectivity index (χ4n) is 15.4. The van der Waals surface area contributed by atoms with Gasteiger partial charge in [0.05, 0.1) is 45.2 Å². The molecule has 0 atom stereocenters. The van der Waals surface area contributed by atoms with E-state index in [0.717, 1.165) is 33.2 Å². The molecule has 0 saturated heterocycles. The highest BCUT2D eigenvalue weighted by Crippen LogP contribution is 2.66. The first-order valence-electron chi connectivity index (χ1n) is 24.5. The van der Waals surface area contributed by atoms with Gasteiger partial charge in [-0.25, -0.2) is 0 Å². The average Bonchev–Trinajstić information content (AvgIpc) is 4.07. The molecule has 0 radical (unpaired) electrons. The summed E-state index contributed by atoms with van der Waals surface area (Å²) in [5.41, 5.74) is 26.6. The average molecular weight is 884 g/mol. The normalized spacial score (nSPS) is 18.7. The maximum Gasteiger partial charge on any atom is 0.0995 e. The van der Waals surface area contributed by atoms with E-state index in [4.69, 9.17) is 0 Å².